The van der Waals surface area contributed by atoms with Gasteiger partial charge in [0, 0.05) is 13.6 Å². The standard InChI is InChI=1S/C12H20N4O3S/c1-3-5-16-9-13-14-11(16)7-15(2)12(17)10-4-6-20(18,19)8-10/h9-10H,3-8H2,1-2H3/t10-/m1/s1. The van der Waals surface area contributed by atoms with Crippen molar-refractivity contribution in [1.29, 1.82) is 0 Å². The Morgan fingerprint density at radius 2 is 2.30 bits per heavy atom. The van der Waals surface area contributed by atoms with Crippen molar-refractivity contribution in [3.05, 3.63) is 12.2 Å². The Labute approximate surface area is 118 Å². The Balaban J connectivity index is 1.99. The normalized spacial score (nSPS) is 21.0. The molecule has 8 heteroatoms. The van der Waals surface area contributed by atoms with E-state index >= 15 is 0 Å². The third-order valence-corrected chi connectivity index (χ3v) is 5.26. The topological polar surface area (TPSA) is 85.2 Å². The SMILES string of the molecule is CCCn1cnnc1CN(C)C(=O)[C@@H]1CCS(=O)(=O)C1. The van der Waals surface area contributed by atoms with Gasteiger partial charge in [-0.3, -0.25) is 4.79 Å². The number of carbonyl (C=O) groups is 1. The van der Waals surface area contributed by atoms with Crippen LogP contribution in [-0.4, -0.2) is 52.5 Å². The number of rotatable bonds is 5. The van der Waals surface area contributed by atoms with E-state index in [0.717, 1.165) is 18.8 Å². The number of nitrogens with zero attached hydrogens (tertiary/aromatic N) is 4. The minimum absolute atomic E-state index is 0.0299. The molecule has 1 aromatic heterocycles. The Bertz CT molecular complexity index is 581. The first-order chi connectivity index (χ1) is 9.43. The average molecular weight is 300 g/mol. The maximum Gasteiger partial charge on any atom is 0.226 e. The van der Waals surface area contributed by atoms with Crippen LogP contribution in [0.5, 0.6) is 0 Å². The van der Waals surface area contributed by atoms with Gasteiger partial charge in [-0.25, -0.2) is 8.42 Å². The summed E-state index contributed by atoms with van der Waals surface area (Å²) >= 11 is 0. The lowest BCUT2D eigenvalue weighted by Gasteiger charge is -2.20. The second-order valence-corrected chi connectivity index (χ2v) is 7.46. The molecule has 1 aliphatic heterocycles. The molecule has 1 saturated heterocycles. The predicted molar refractivity (Wildman–Crippen MR) is 73.5 cm³/mol. The van der Waals surface area contributed by atoms with Gasteiger partial charge in [0.25, 0.3) is 0 Å². The van der Waals surface area contributed by atoms with Crippen molar-refractivity contribution in [3.8, 4) is 0 Å². The summed E-state index contributed by atoms with van der Waals surface area (Å²) in [5.41, 5.74) is 0. The third-order valence-electron chi connectivity index (χ3n) is 3.50. The van der Waals surface area contributed by atoms with Crippen LogP contribution in [0.3, 0.4) is 0 Å². The monoisotopic (exact) mass is 300 g/mol. The number of hydrogen-bond acceptors (Lipinski definition) is 5. The molecule has 0 N–H and O–H groups in total. The summed E-state index contributed by atoms with van der Waals surface area (Å²) in [6.45, 7) is 3.22. The number of aromatic nitrogens is 3. The lowest BCUT2D eigenvalue weighted by Crippen LogP contribution is -2.34. The molecule has 1 amide bonds. The lowest BCUT2D eigenvalue weighted by atomic mass is 10.1. The molecule has 1 fully saturated rings. The molecule has 0 saturated carbocycles. The van der Waals surface area contributed by atoms with Crippen LogP contribution in [0.25, 0.3) is 0 Å². The molecular formula is C12H20N4O3S. The van der Waals surface area contributed by atoms with E-state index < -0.39 is 15.8 Å². The van der Waals surface area contributed by atoms with Crippen LogP contribution in [0, 0.1) is 5.92 Å². The third kappa shape index (κ3) is 3.36. The molecule has 1 atom stereocenters. The second kappa shape index (κ2) is 5.90. The molecule has 0 aromatic carbocycles. The second-order valence-electron chi connectivity index (χ2n) is 5.23. The van der Waals surface area contributed by atoms with Crippen molar-refractivity contribution in [1.82, 2.24) is 19.7 Å². The molecule has 2 heterocycles. The van der Waals surface area contributed by atoms with Crippen LogP contribution in [0.15, 0.2) is 6.33 Å². The fourth-order valence-electron chi connectivity index (χ4n) is 2.42. The Morgan fingerprint density at radius 1 is 1.55 bits per heavy atom. The highest BCUT2D eigenvalue weighted by molar-refractivity contribution is 7.91. The summed E-state index contributed by atoms with van der Waals surface area (Å²) in [6.07, 6.45) is 3.04. The van der Waals surface area contributed by atoms with Crippen LogP contribution in [-0.2, 0) is 27.7 Å². The van der Waals surface area contributed by atoms with Gasteiger partial charge in [-0.05, 0) is 12.8 Å². The molecule has 0 unspecified atom stereocenters. The van der Waals surface area contributed by atoms with E-state index in [2.05, 4.69) is 17.1 Å². The Morgan fingerprint density at radius 3 is 2.90 bits per heavy atom. The van der Waals surface area contributed by atoms with Crippen LogP contribution >= 0.6 is 0 Å². The first kappa shape index (κ1) is 15.0. The van der Waals surface area contributed by atoms with Gasteiger partial charge in [0.1, 0.15) is 6.33 Å². The largest absolute Gasteiger partial charge is 0.338 e. The quantitative estimate of drug-likeness (QED) is 0.769. The van der Waals surface area contributed by atoms with E-state index in [1.54, 1.807) is 18.3 Å². The summed E-state index contributed by atoms with van der Waals surface area (Å²) in [5.74, 6) is 0.273. The molecule has 0 spiro atoms. The van der Waals surface area contributed by atoms with Gasteiger partial charge < -0.3 is 9.47 Å². The van der Waals surface area contributed by atoms with Crippen LogP contribution < -0.4 is 0 Å². The molecule has 2 rings (SSSR count). The van der Waals surface area contributed by atoms with Crippen molar-refractivity contribution < 1.29 is 13.2 Å². The summed E-state index contributed by atoms with van der Waals surface area (Å²) < 4.78 is 24.8. The van der Waals surface area contributed by atoms with Crippen molar-refractivity contribution in [2.45, 2.75) is 32.9 Å². The van der Waals surface area contributed by atoms with Crippen LogP contribution in [0.2, 0.25) is 0 Å². The minimum atomic E-state index is -3.03. The summed E-state index contributed by atoms with van der Waals surface area (Å²) in [4.78, 5) is 13.8. The molecule has 7 nitrogen and oxygen atoms in total. The van der Waals surface area contributed by atoms with E-state index in [1.165, 1.54) is 0 Å². The van der Waals surface area contributed by atoms with Crippen LogP contribution in [0.1, 0.15) is 25.6 Å². The van der Waals surface area contributed by atoms with Gasteiger partial charge in [-0.15, -0.1) is 10.2 Å². The first-order valence-corrected chi connectivity index (χ1v) is 8.57. The smallest absolute Gasteiger partial charge is 0.226 e. The highest BCUT2D eigenvalue weighted by atomic mass is 32.2. The van der Waals surface area contributed by atoms with Gasteiger partial charge in [0.05, 0.1) is 24.0 Å². The highest BCUT2D eigenvalue weighted by Crippen LogP contribution is 2.20. The first-order valence-electron chi connectivity index (χ1n) is 6.75. The molecular weight excluding hydrogens is 280 g/mol. The summed E-state index contributed by atoms with van der Waals surface area (Å²) in [7, 11) is -1.35. The van der Waals surface area contributed by atoms with Gasteiger partial charge >= 0.3 is 0 Å². The van der Waals surface area contributed by atoms with Gasteiger partial charge in [0.15, 0.2) is 15.7 Å². The van der Waals surface area contributed by atoms with Gasteiger partial charge in [-0.1, -0.05) is 6.92 Å². The van der Waals surface area contributed by atoms with E-state index in [4.69, 9.17) is 0 Å². The molecule has 1 aromatic rings. The van der Waals surface area contributed by atoms with E-state index in [-0.39, 0.29) is 17.4 Å². The van der Waals surface area contributed by atoms with Gasteiger partial charge in [0.2, 0.25) is 5.91 Å². The molecule has 0 radical (unpaired) electrons. The zero-order valence-electron chi connectivity index (χ0n) is 11.8. The van der Waals surface area contributed by atoms with E-state index in [9.17, 15) is 13.2 Å². The number of amides is 1. The number of aryl methyl sites for hydroxylation is 1. The van der Waals surface area contributed by atoms with Crippen molar-refractivity contribution in [3.63, 3.8) is 0 Å². The zero-order valence-corrected chi connectivity index (χ0v) is 12.6. The predicted octanol–water partition coefficient (Wildman–Crippen LogP) is 0.0812. The van der Waals surface area contributed by atoms with Gasteiger partial charge in [-0.2, -0.15) is 0 Å². The Hall–Kier alpha value is -1.44. The minimum Gasteiger partial charge on any atom is -0.338 e. The molecule has 1 aliphatic rings. The zero-order chi connectivity index (χ0) is 14.8. The lowest BCUT2D eigenvalue weighted by molar-refractivity contribution is -0.134. The number of hydrogen-bond donors (Lipinski definition) is 0. The number of sulfone groups is 1. The van der Waals surface area contributed by atoms with Crippen LogP contribution in [0.4, 0.5) is 0 Å². The maximum absolute atomic E-state index is 12.2. The fraction of sp³-hybridized carbons (Fsp3) is 0.750. The van der Waals surface area contributed by atoms with Crippen molar-refractivity contribution in [2.24, 2.45) is 5.92 Å². The molecule has 20 heavy (non-hydrogen) atoms. The van der Waals surface area contributed by atoms with Crippen molar-refractivity contribution in [2.75, 3.05) is 18.6 Å². The van der Waals surface area contributed by atoms with E-state index in [1.807, 2.05) is 4.57 Å². The van der Waals surface area contributed by atoms with E-state index in [0.29, 0.717) is 13.0 Å². The Kier molecular flexibility index (Phi) is 4.42. The molecule has 0 aliphatic carbocycles. The number of carbonyl (C=O) groups excluding carboxylic acids is 1. The summed E-state index contributed by atoms with van der Waals surface area (Å²) in [5, 5.41) is 7.87. The molecule has 0 bridgehead atoms. The summed E-state index contributed by atoms with van der Waals surface area (Å²) in [6, 6.07) is 0. The molecule has 112 valence electrons. The maximum atomic E-state index is 12.2. The fourth-order valence-corrected chi connectivity index (χ4v) is 4.15. The van der Waals surface area contributed by atoms with Crippen molar-refractivity contribution >= 4 is 15.7 Å². The highest BCUT2D eigenvalue weighted by Gasteiger charge is 2.34. The average Bonchev–Trinajstić information content (AvgIpc) is 2.96.